The van der Waals surface area contributed by atoms with Gasteiger partial charge in [0, 0.05) is 44.7 Å². The summed E-state index contributed by atoms with van der Waals surface area (Å²) in [6.45, 7) is 7.56. The molecule has 3 aliphatic carbocycles. The lowest BCUT2D eigenvalue weighted by Gasteiger charge is -2.62. The van der Waals surface area contributed by atoms with Gasteiger partial charge in [-0.25, -0.2) is 0 Å². The number of aliphatic hydroxyl groups excluding tert-OH is 2. The van der Waals surface area contributed by atoms with Gasteiger partial charge in [-0.05, 0) is 70.9 Å². The molecule has 39 heavy (non-hydrogen) atoms. The van der Waals surface area contributed by atoms with Gasteiger partial charge in [-0.1, -0.05) is 51.1 Å². The molecule has 210 valence electrons. The standard InChI is InChI=1S/C32H43N3O4/c1-19-26-14-24(32(26,2)3)15-27(19)33-30(38)29-25(18-36)28(37)17-35(29)16-20-7-6-8-23(13-20)21-9-11-22(12-10-21)31(39)34(4)5/h6-13,19,24-29,36-37H,14-18H2,1-5H3,(H,33,38)/t19-,24+,25?,26-,27-,28-,29-/m0/s1. The van der Waals surface area contributed by atoms with E-state index < -0.39 is 18.1 Å². The van der Waals surface area contributed by atoms with Gasteiger partial charge in [0.2, 0.25) is 5.91 Å². The number of hydrogen-bond acceptors (Lipinski definition) is 5. The van der Waals surface area contributed by atoms with Crippen LogP contribution in [-0.2, 0) is 11.3 Å². The molecule has 0 radical (unpaired) electrons. The Balaban J connectivity index is 1.30. The number of likely N-dealkylation sites (tertiary alicyclic amines) is 1. The molecule has 3 N–H and O–H groups in total. The smallest absolute Gasteiger partial charge is 0.253 e. The molecule has 6 rings (SSSR count). The quantitative estimate of drug-likeness (QED) is 0.507. The molecule has 7 atom stereocenters. The predicted molar refractivity (Wildman–Crippen MR) is 152 cm³/mol. The summed E-state index contributed by atoms with van der Waals surface area (Å²) in [5, 5.41) is 24.2. The maximum atomic E-state index is 13.7. The van der Waals surface area contributed by atoms with Gasteiger partial charge in [0.05, 0.1) is 18.8 Å². The molecule has 4 aliphatic rings. The Morgan fingerprint density at radius 3 is 2.41 bits per heavy atom. The lowest BCUT2D eigenvalue weighted by atomic mass is 9.45. The highest BCUT2D eigenvalue weighted by Gasteiger charge is 2.57. The van der Waals surface area contributed by atoms with Crippen molar-refractivity contribution in [2.45, 2.75) is 58.3 Å². The van der Waals surface area contributed by atoms with Crippen molar-refractivity contribution in [3.8, 4) is 11.1 Å². The fourth-order valence-electron chi connectivity index (χ4n) is 7.47. The summed E-state index contributed by atoms with van der Waals surface area (Å²) < 4.78 is 0. The molecule has 3 saturated carbocycles. The van der Waals surface area contributed by atoms with Gasteiger partial charge in [-0.3, -0.25) is 14.5 Å². The molecular weight excluding hydrogens is 490 g/mol. The van der Waals surface area contributed by atoms with E-state index in [1.54, 1.807) is 19.0 Å². The van der Waals surface area contributed by atoms with Gasteiger partial charge >= 0.3 is 0 Å². The van der Waals surface area contributed by atoms with E-state index in [0.717, 1.165) is 23.1 Å². The minimum Gasteiger partial charge on any atom is -0.396 e. The summed E-state index contributed by atoms with van der Waals surface area (Å²) in [7, 11) is 3.48. The van der Waals surface area contributed by atoms with Crippen LogP contribution in [0.2, 0.25) is 0 Å². The Hall–Kier alpha value is -2.74. The zero-order chi connectivity index (χ0) is 28.1. The molecule has 0 spiro atoms. The SMILES string of the molecule is C[C@@H]1[C@@H](NC(=O)[C@@H]2C(CO)[C@@H](O)CN2Cc2cccc(-c3ccc(C(=O)N(C)C)cc3)c2)C[C@H]2C[C@@H]1C2(C)C. The summed E-state index contributed by atoms with van der Waals surface area (Å²) in [5.41, 5.74) is 4.04. The van der Waals surface area contributed by atoms with Crippen LogP contribution in [0.5, 0.6) is 0 Å². The van der Waals surface area contributed by atoms with Crippen molar-refractivity contribution in [2.24, 2.45) is 29.1 Å². The van der Waals surface area contributed by atoms with Gasteiger partial charge in [0.1, 0.15) is 0 Å². The van der Waals surface area contributed by atoms with Crippen molar-refractivity contribution in [3.05, 3.63) is 59.7 Å². The molecule has 2 bridgehead atoms. The van der Waals surface area contributed by atoms with Crippen molar-refractivity contribution in [3.63, 3.8) is 0 Å². The van der Waals surface area contributed by atoms with Crippen molar-refractivity contribution < 1.29 is 19.8 Å². The number of fused-ring (bicyclic) bond motifs is 2. The number of β-amino-alcohol motifs (C(OH)–C–C–N with tert-alkyl or cyclic N) is 1. The van der Waals surface area contributed by atoms with E-state index in [0.29, 0.717) is 41.8 Å². The number of hydrogen-bond donors (Lipinski definition) is 3. The third-order valence-electron chi connectivity index (χ3n) is 10.1. The van der Waals surface area contributed by atoms with Crippen LogP contribution >= 0.6 is 0 Å². The minimum absolute atomic E-state index is 0.0333. The normalized spacial score (nSPS) is 31.4. The number of nitrogens with zero attached hydrogens (tertiary/aromatic N) is 2. The first-order valence-electron chi connectivity index (χ1n) is 14.3. The van der Waals surface area contributed by atoms with Crippen LogP contribution in [0.1, 0.15) is 49.5 Å². The maximum Gasteiger partial charge on any atom is 0.253 e. The zero-order valence-corrected chi connectivity index (χ0v) is 23.8. The van der Waals surface area contributed by atoms with E-state index in [-0.39, 0.29) is 24.5 Å². The molecule has 1 saturated heterocycles. The number of carbonyl (C=O) groups is 2. The molecule has 2 amide bonds. The van der Waals surface area contributed by atoms with Crippen LogP contribution in [0.15, 0.2) is 48.5 Å². The summed E-state index contributed by atoms with van der Waals surface area (Å²) in [6.07, 6.45) is 1.49. The van der Waals surface area contributed by atoms with Crippen LogP contribution in [0.4, 0.5) is 0 Å². The first kappa shape index (κ1) is 27.8. The van der Waals surface area contributed by atoms with E-state index in [2.05, 4.69) is 32.2 Å². The number of carbonyl (C=O) groups excluding carboxylic acids is 2. The third kappa shape index (κ3) is 5.12. The van der Waals surface area contributed by atoms with Gasteiger partial charge in [0.25, 0.3) is 5.91 Å². The summed E-state index contributed by atoms with van der Waals surface area (Å²) in [4.78, 5) is 29.5. The predicted octanol–water partition coefficient (Wildman–Crippen LogP) is 3.40. The lowest BCUT2D eigenvalue weighted by Crippen LogP contribution is -2.62. The van der Waals surface area contributed by atoms with E-state index in [1.165, 1.54) is 6.42 Å². The van der Waals surface area contributed by atoms with Gasteiger partial charge in [-0.2, -0.15) is 0 Å². The highest BCUT2D eigenvalue weighted by atomic mass is 16.3. The molecule has 1 unspecified atom stereocenters. The van der Waals surface area contributed by atoms with E-state index in [1.807, 2.05) is 47.4 Å². The second-order valence-electron chi connectivity index (χ2n) is 12.8. The van der Waals surface area contributed by atoms with Crippen LogP contribution in [-0.4, -0.2) is 77.3 Å². The topological polar surface area (TPSA) is 93.1 Å². The van der Waals surface area contributed by atoms with E-state index in [9.17, 15) is 19.8 Å². The zero-order valence-electron chi connectivity index (χ0n) is 23.8. The second kappa shape index (κ2) is 10.7. The molecule has 7 nitrogen and oxygen atoms in total. The number of benzene rings is 2. The Morgan fingerprint density at radius 2 is 1.79 bits per heavy atom. The Morgan fingerprint density at radius 1 is 1.08 bits per heavy atom. The molecular formula is C32H43N3O4. The van der Waals surface area contributed by atoms with Crippen LogP contribution < -0.4 is 5.32 Å². The van der Waals surface area contributed by atoms with Gasteiger partial charge < -0.3 is 20.4 Å². The molecule has 0 aromatic heterocycles. The largest absolute Gasteiger partial charge is 0.396 e. The fraction of sp³-hybridized carbons (Fsp3) is 0.562. The molecule has 2 aromatic carbocycles. The molecule has 7 heteroatoms. The van der Waals surface area contributed by atoms with Crippen LogP contribution in [0.3, 0.4) is 0 Å². The van der Waals surface area contributed by atoms with Crippen LogP contribution in [0.25, 0.3) is 11.1 Å². The molecule has 1 heterocycles. The first-order valence-corrected chi connectivity index (χ1v) is 14.3. The van der Waals surface area contributed by atoms with Crippen molar-refractivity contribution in [2.75, 3.05) is 27.2 Å². The fourth-order valence-corrected chi connectivity index (χ4v) is 7.47. The molecule has 1 aliphatic heterocycles. The number of rotatable bonds is 7. The summed E-state index contributed by atoms with van der Waals surface area (Å²) in [6, 6.07) is 15.3. The van der Waals surface area contributed by atoms with Crippen molar-refractivity contribution >= 4 is 11.8 Å². The average molecular weight is 534 g/mol. The Bertz CT molecular complexity index is 1210. The van der Waals surface area contributed by atoms with Gasteiger partial charge in [0.15, 0.2) is 0 Å². The van der Waals surface area contributed by atoms with Crippen LogP contribution in [0, 0.1) is 29.1 Å². The molecule has 4 fully saturated rings. The van der Waals surface area contributed by atoms with E-state index in [4.69, 9.17) is 0 Å². The number of aliphatic hydroxyl groups is 2. The Labute approximate surface area is 232 Å². The summed E-state index contributed by atoms with van der Waals surface area (Å²) >= 11 is 0. The van der Waals surface area contributed by atoms with E-state index >= 15 is 0 Å². The molecule has 2 aromatic rings. The highest BCUT2D eigenvalue weighted by molar-refractivity contribution is 5.94. The van der Waals surface area contributed by atoms with Gasteiger partial charge in [-0.15, -0.1) is 0 Å². The highest BCUT2D eigenvalue weighted by Crippen LogP contribution is 2.61. The maximum absolute atomic E-state index is 13.7. The summed E-state index contributed by atoms with van der Waals surface area (Å²) in [5.74, 6) is 1.05. The third-order valence-corrected chi connectivity index (χ3v) is 10.1. The van der Waals surface area contributed by atoms with Crippen molar-refractivity contribution in [1.29, 1.82) is 0 Å². The lowest BCUT2D eigenvalue weighted by molar-refractivity contribution is -0.138. The second-order valence-corrected chi connectivity index (χ2v) is 12.8. The average Bonchev–Trinajstić information content (AvgIpc) is 3.23. The number of amides is 2. The number of nitrogens with one attached hydrogen (secondary N) is 1. The minimum atomic E-state index is -0.758. The monoisotopic (exact) mass is 533 g/mol. The first-order chi connectivity index (χ1) is 18.5. The Kier molecular flexibility index (Phi) is 7.61. The van der Waals surface area contributed by atoms with Crippen molar-refractivity contribution in [1.82, 2.24) is 15.1 Å².